The van der Waals surface area contributed by atoms with Gasteiger partial charge in [-0.25, -0.2) is 4.68 Å². The molecular formula is C21H25ClN4O. The molecule has 1 spiro atoms. The lowest BCUT2D eigenvalue weighted by Crippen LogP contribution is -2.61. The van der Waals surface area contributed by atoms with Crippen LogP contribution in [-0.4, -0.2) is 26.7 Å². The second-order valence-electron chi connectivity index (χ2n) is 8.28. The van der Waals surface area contributed by atoms with E-state index in [0.717, 1.165) is 25.2 Å². The molecule has 1 aromatic carbocycles. The summed E-state index contributed by atoms with van der Waals surface area (Å²) >= 11 is 6.16. The molecule has 3 aliphatic rings. The van der Waals surface area contributed by atoms with Crippen molar-refractivity contribution in [3.63, 3.8) is 0 Å². The number of fused-ring (bicyclic) bond motifs is 4. The summed E-state index contributed by atoms with van der Waals surface area (Å²) < 4.78 is 2.11. The minimum absolute atomic E-state index is 0.00527. The van der Waals surface area contributed by atoms with Crippen LogP contribution in [0.5, 0.6) is 0 Å². The smallest absolute Gasteiger partial charge is 0.260 e. The maximum atomic E-state index is 13.5. The summed E-state index contributed by atoms with van der Waals surface area (Å²) in [6.07, 6.45) is 12.4. The molecular weight excluding hydrogens is 360 g/mol. The number of aromatic nitrogens is 3. The zero-order valence-corrected chi connectivity index (χ0v) is 16.2. The van der Waals surface area contributed by atoms with Crippen LogP contribution >= 0.6 is 11.6 Å². The quantitative estimate of drug-likeness (QED) is 0.708. The largest absolute Gasteiger partial charge is 0.273 e. The zero-order chi connectivity index (χ0) is 18.4. The fraction of sp³-hybridized carbons (Fsp3) is 0.571. The molecule has 5 nitrogen and oxygen atoms in total. The Morgan fingerprint density at radius 1 is 1.11 bits per heavy atom. The fourth-order valence-corrected chi connectivity index (χ4v) is 6.01. The summed E-state index contributed by atoms with van der Waals surface area (Å²) in [4.78, 5) is 20.0. The standard InChI is InChI=1S/C21H25ClN4O/c22-16-8-6-7-15(13-16)19(27)25-18-10-3-2-9-17(18)21(11-4-1-5-12-21)26-20(25)23-14-24-26/h6-8,13-14,17-18H,1-5,9-12H2. The average Bonchev–Trinajstić information content (AvgIpc) is 3.19. The van der Waals surface area contributed by atoms with Crippen molar-refractivity contribution in [1.82, 2.24) is 14.8 Å². The van der Waals surface area contributed by atoms with Crippen LogP contribution in [0, 0.1) is 5.92 Å². The molecule has 2 aromatic rings. The van der Waals surface area contributed by atoms with Gasteiger partial charge in [0.25, 0.3) is 5.91 Å². The van der Waals surface area contributed by atoms with Crippen LogP contribution < -0.4 is 4.90 Å². The van der Waals surface area contributed by atoms with E-state index in [1.165, 1.54) is 38.5 Å². The Morgan fingerprint density at radius 3 is 2.74 bits per heavy atom. The lowest BCUT2D eigenvalue weighted by molar-refractivity contribution is 0.0313. The number of carbonyl (C=O) groups is 1. The van der Waals surface area contributed by atoms with Gasteiger partial charge in [0.15, 0.2) is 0 Å². The zero-order valence-electron chi connectivity index (χ0n) is 15.5. The van der Waals surface area contributed by atoms with Crippen molar-refractivity contribution >= 4 is 23.5 Å². The molecule has 1 aliphatic heterocycles. The van der Waals surface area contributed by atoms with E-state index >= 15 is 0 Å². The first-order valence-electron chi connectivity index (χ1n) is 10.2. The Balaban J connectivity index is 1.63. The van der Waals surface area contributed by atoms with Crippen molar-refractivity contribution in [3.05, 3.63) is 41.2 Å². The summed E-state index contributed by atoms with van der Waals surface area (Å²) in [7, 11) is 0. The number of hydrogen-bond donors (Lipinski definition) is 0. The van der Waals surface area contributed by atoms with Crippen LogP contribution in [0.1, 0.15) is 68.1 Å². The number of rotatable bonds is 1. The minimum Gasteiger partial charge on any atom is -0.273 e. The average molecular weight is 385 g/mol. The highest BCUT2D eigenvalue weighted by Crippen LogP contribution is 2.52. The van der Waals surface area contributed by atoms with Crippen molar-refractivity contribution < 1.29 is 4.79 Å². The highest BCUT2D eigenvalue weighted by molar-refractivity contribution is 6.31. The van der Waals surface area contributed by atoms with E-state index in [4.69, 9.17) is 11.6 Å². The Bertz CT molecular complexity index is 857. The van der Waals surface area contributed by atoms with Crippen molar-refractivity contribution in [2.75, 3.05) is 4.90 Å². The van der Waals surface area contributed by atoms with Crippen LogP contribution in [0.25, 0.3) is 0 Å². The van der Waals surface area contributed by atoms with Gasteiger partial charge in [0.2, 0.25) is 5.95 Å². The van der Waals surface area contributed by atoms with E-state index in [9.17, 15) is 4.79 Å². The molecule has 2 heterocycles. The molecule has 0 bridgehead atoms. The first-order chi connectivity index (χ1) is 13.2. The number of carbonyl (C=O) groups excluding carboxylic acids is 1. The maximum absolute atomic E-state index is 13.5. The van der Waals surface area contributed by atoms with Crippen molar-refractivity contribution in [3.8, 4) is 0 Å². The van der Waals surface area contributed by atoms with Gasteiger partial charge in [0, 0.05) is 22.5 Å². The molecule has 0 radical (unpaired) electrons. The maximum Gasteiger partial charge on any atom is 0.260 e. The molecule has 5 rings (SSSR count). The van der Waals surface area contributed by atoms with Gasteiger partial charge in [-0.2, -0.15) is 10.1 Å². The Morgan fingerprint density at radius 2 is 1.93 bits per heavy atom. The minimum atomic E-state index is -0.00527. The van der Waals surface area contributed by atoms with E-state index in [1.54, 1.807) is 18.5 Å². The number of amides is 1. The predicted octanol–water partition coefficient (Wildman–Crippen LogP) is 4.81. The Hall–Kier alpha value is -1.88. The van der Waals surface area contributed by atoms with Gasteiger partial charge in [0.05, 0.1) is 5.54 Å². The third-order valence-corrected chi connectivity index (χ3v) is 7.16. The highest BCUT2D eigenvalue weighted by atomic mass is 35.5. The summed E-state index contributed by atoms with van der Waals surface area (Å²) in [6.45, 7) is 0. The molecule has 1 amide bonds. The van der Waals surface area contributed by atoms with E-state index in [0.29, 0.717) is 16.5 Å². The van der Waals surface area contributed by atoms with Crippen LogP contribution in [0.15, 0.2) is 30.6 Å². The molecule has 142 valence electrons. The van der Waals surface area contributed by atoms with Crippen molar-refractivity contribution in [2.45, 2.75) is 69.4 Å². The summed E-state index contributed by atoms with van der Waals surface area (Å²) in [5, 5.41) is 5.24. The molecule has 2 unspecified atom stereocenters. The number of anilines is 1. The first kappa shape index (κ1) is 17.2. The summed E-state index contributed by atoms with van der Waals surface area (Å²) in [6, 6.07) is 7.45. The molecule has 2 fully saturated rings. The molecule has 0 N–H and O–H groups in total. The Kier molecular flexibility index (Phi) is 4.23. The molecule has 1 aromatic heterocycles. The number of benzene rings is 1. The predicted molar refractivity (Wildman–Crippen MR) is 105 cm³/mol. The summed E-state index contributed by atoms with van der Waals surface area (Å²) in [5.74, 6) is 1.18. The van der Waals surface area contributed by atoms with Crippen molar-refractivity contribution in [1.29, 1.82) is 0 Å². The van der Waals surface area contributed by atoms with E-state index in [1.807, 2.05) is 17.0 Å². The fourth-order valence-electron chi connectivity index (χ4n) is 5.81. The topological polar surface area (TPSA) is 51.0 Å². The van der Waals surface area contributed by atoms with Gasteiger partial charge < -0.3 is 0 Å². The Labute approximate surface area is 164 Å². The second kappa shape index (κ2) is 6.62. The SMILES string of the molecule is O=C(c1cccc(Cl)c1)N1c2ncnn2C2(CCCCC2)C2CCCCC21. The van der Waals surface area contributed by atoms with Gasteiger partial charge in [-0.1, -0.05) is 49.8 Å². The number of hydrogen-bond acceptors (Lipinski definition) is 3. The van der Waals surface area contributed by atoms with E-state index < -0.39 is 0 Å². The van der Waals surface area contributed by atoms with Crippen LogP contribution in [0.4, 0.5) is 5.95 Å². The van der Waals surface area contributed by atoms with Gasteiger partial charge in [-0.3, -0.25) is 9.69 Å². The van der Waals surface area contributed by atoms with Gasteiger partial charge >= 0.3 is 0 Å². The molecule has 2 saturated carbocycles. The number of nitrogens with zero attached hydrogens (tertiary/aromatic N) is 4. The molecule has 6 heteroatoms. The highest BCUT2D eigenvalue weighted by Gasteiger charge is 2.54. The van der Waals surface area contributed by atoms with Gasteiger partial charge in [0.1, 0.15) is 6.33 Å². The number of halogens is 1. The van der Waals surface area contributed by atoms with Crippen molar-refractivity contribution in [2.24, 2.45) is 5.92 Å². The summed E-state index contributed by atoms with van der Waals surface area (Å²) in [5.41, 5.74) is 0.668. The monoisotopic (exact) mass is 384 g/mol. The molecule has 0 saturated heterocycles. The van der Waals surface area contributed by atoms with Gasteiger partial charge in [-0.05, 0) is 43.9 Å². The second-order valence-corrected chi connectivity index (χ2v) is 8.72. The first-order valence-corrected chi connectivity index (χ1v) is 10.6. The van der Waals surface area contributed by atoms with Gasteiger partial charge in [-0.15, -0.1) is 0 Å². The molecule has 2 atom stereocenters. The van der Waals surface area contributed by atoms with E-state index in [2.05, 4.69) is 14.8 Å². The van der Waals surface area contributed by atoms with Crippen LogP contribution in [0.2, 0.25) is 5.02 Å². The van der Waals surface area contributed by atoms with Crippen LogP contribution in [0.3, 0.4) is 0 Å². The lowest BCUT2D eigenvalue weighted by Gasteiger charge is -2.55. The third-order valence-electron chi connectivity index (χ3n) is 6.93. The molecule has 2 aliphatic carbocycles. The third kappa shape index (κ3) is 2.62. The normalized spacial score (nSPS) is 26.5. The molecule has 27 heavy (non-hydrogen) atoms. The lowest BCUT2D eigenvalue weighted by atomic mass is 9.64. The van der Waals surface area contributed by atoms with E-state index in [-0.39, 0.29) is 17.5 Å². The van der Waals surface area contributed by atoms with Crippen LogP contribution in [-0.2, 0) is 5.54 Å².